The van der Waals surface area contributed by atoms with Crippen molar-refractivity contribution in [2.24, 2.45) is 5.73 Å². The van der Waals surface area contributed by atoms with Gasteiger partial charge in [-0.15, -0.1) is 12.4 Å². The van der Waals surface area contributed by atoms with Crippen LogP contribution in [0, 0.1) is 0 Å². The predicted molar refractivity (Wildman–Crippen MR) is 77.0 cm³/mol. The molecule has 0 aliphatic heterocycles. The molecule has 0 heterocycles. The summed E-state index contributed by atoms with van der Waals surface area (Å²) in [5.74, 6) is -0.143. The maximum Gasteiger partial charge on any atom is 0.252 e. The molecule has 0 saturated heterocycles. The SMILES string of the molecule is CC(N)CCNC(=O)c1cc(Cl)ccc1Br.Cl. The Morgan fingerprint density at radius 1 is 1.59 bits per heavy atom. The average Bonchev–Trinajstić information content (AvgIpc) is 2.21. The van der Waals surface area contributed by atoms with Gasteiger partial charge in [0.05, 0.1) is 5.56 Å². The molecule has 1 rings (SSSR count). The molecule has 0 radical (unpaired) electrons. The summed E-state index contributed by atoms with van der Waals surface area (Å²) in [6, 6.07) is 5.20. The highest BCUT2D eigenvalue weighted by molar-refractivity contribution is 9.10. The number of rotatable bonds is 4. The second-order valence-electron chi connectivity index (χ2n) is 3.65. The lowest BCUT2D eigenvalue weighted by atomic mass is 10.2. The molecule has 0 bridgehead atoms. The van der Waals surface area contributed by atoms with E-state index in [9.17, 15) is 4.79 Å². The van der Waals surface area contributed by atoms with Crippen LogP contribution in [-0.4, -0.2) is 18.5 Å². The first kappa shape index (κ1) is 16.7. The van der Waals surface area contributed by atoms with Crippen LogP contribution in [0.3, 0.4) is 0 Å². The lowest BCUT2D eigenvalue weighted by Crippen LogP contribution is -2.29. The van der Waals surface area contributed by atoms with Crippen molar-refractivity contribution in [2.45, 2.75) is 19.4 Å². The summed E-state index contributed by atoms with van der Waals surface area (Å²) in [6.45, 7) is 2.47. The Bertz CT molecular complexity index is 386. The molecule has 0 aliphatic carbocycles. The van der Waals surface area contributed by atoms with E-state index in [4.69, 9.17) is 17.3 Å². The van der Waals surface area contributed by atoms with Gasteiger partial charge in [0, 0.05) is 22.1 Å². The number of nitrogens with two attached hydrogens (primary N) is 1. The third-order valence-electron chi connectivity index (χ3n) is 2.06. The standard InChI is InChI=1S/C11H14BrClN2O.ClH/c1-7(14)4-5-15-11(16)9-6-8(13)2-3-10(9)12;/h2-3,6-7H,4-5,14H2,1H3,(H,15,16);1H. The van der Waals surface area contributed by atoms with Crippen molar-refractivity contribution in [3.63, 3.8) is 0 Å². The van der Waals surface area contributed by atoms with Gasteiger partial charge >= 0.3 is 0 Å². The molecule has 0 saturated carbocycles. The van der Waals surface area contributed by atoms with Crippen molar-refractivity contribution >= 4 is 45.8 Å². The molecular formula is C11H15BrCl2N2O. The van der Waals surface area contributed by atoms with Gasteiger partial charge in [-0.05, 0) is 47.5 Å². The molecule has 1 aromatic carbocycles. The Hall–Kier alpha value is -0.290. The Kier molecular flexibility index (Phi) is 7.79. The summed E-state index contributed by atoms with van der Waals surface area (Å²) in [6.07, 6.45) is 0.754. The van der Waals surface area contributed by atoms with Crippen LogP contribution in [0.4, 0.5) is 0 Å². The lowest BCUT2D eigenvalue weighted by Gasteiger charge is -2.08. The summed E-state index contributed by atoms with van der Waals surface area (Å²) in [5, 5.41) is 3.33. The fraction of sp³-hybridized carbons (Fsp3) is 0.364. The molecule has 1 unspecified atom stereocenters. The maximum absolute atomic E-state index is 11.8. The molecule has 1 amide bonds. The highest BCUT2D eigenvalue weighted by Gasteiger charge is 2.10. The van der Waals surface area contributed by atoms with Crippen molar-refractivity contribution < 1.29 is 4.79 Å². The quantitative estimate of drug-likeness (QED) is 0.884. The van der Waals surface area contributed by atoms with Gasteiger partial charge in [0.1, 0.15) is 0 Å². The van der Waals surface area contributed by atoms with Gasteiger partial charge in [-0.3, -0.25) is 4.79 Å². The molecule has 17 heavy (non-hydrogen) atoms. The van der Waals surface area contributed by atoms with E-state index in [2.05, 4.69) is 21.2 Å². The Labute approximate surface area is 121 Å². The van der Waals surface area contributed by atoms with E-state index in [1.165, 1.54) is 0 Å². The zero-order valence-electron chi connectivity index (χ0n) is 9.37. The van der Waals surface area contributed by atoms with Crippen LogP contribution in [0.2, 0.25) is 5.02 Å². The van der Waals surface area contributed by atoms with E-state index in [1.54, 1.807) is 18.2 Å². The highest BCUT2D eigenvalue weighted by atomic mass is 79.9. The molecule has 1 atom stereocenters. The third kappa shape index (κ3) is 5.73. The van der Waals surface area contributed by atoms with Crippen molar-refractivity contribution in [1.82, 2.24) is 5.32 Å². The van der Waals surface area contributed by atoms with Crippen LogP contribution in [0.5, 0.6) is 0 Å². The summed E-state index contributed by atoms with van der Waals surface area (Å²) in [4.78, 5) is 11.8. The van der Waals surface area contributed by atoms with Crippen molar-refractivity contribution in [1.29, 1.82) is 0 Å². The van der Waals surface area contributed by atoms with Gasteiger partial charge in [0.25, 0.3) is 5.91 Å². The first-order chi connectivity index (χ1) is 7.50. The molecule has 1 aromatic rings. The molecule has 0 spiro atoms. The van der Waals surface area contributed by atoms with Crippen LogP contribution >= 0.6 is 39.9 Å². The third-order valence-corrected chi connectivity index (χ3v) is 2.98. The monoisotopic (exact) mass is 340 g/mol. The molecule has 3 nitrogen and oxygen atoms in total. The molecule has 0 aliphatic rings. The smallest absolute Gasteiger partial charge is 0.252 e. The van der Waals surface area contributed by atoms with E-state index < -0.39 is 0 Å². The Morgan fingerprint density at radius 2 is 2.24 bits per heavy atom. The van der Waals surface area contributed by atoms with Crippen LogP contribution in [0.15, 0.2) is 22.7 Å². The maximum atomic E-state index is 11.8. The fourth-order valence-corrected chi connectivity index (χ4v) is 1.78. The summed E-state index contributed by atoms with van der Waals surface area (Å²) < 4.78 is 0.732. The van der Waals surface area contributed by atoms with E-state index in [0.29, 0.717) is 17.1 Å². The predicted octanol–water partition coefficient (Wildman–Crippen LogP) is 2.99. The zero-order chi connectivity index (χ0) is 12.1. The van der Waals surface area contributed by atoms with E-state index in [1.807, 2.05) is 6.92 Å². The average molecular weight is 342 g/mol. The zero-order valence-corrected chi connectivity index (χ0v) is 12.5. The van der Waals surface area contributed by atoms with Crippen molar-refractivity contribution in [3.05, 3.63) is 33.3 Å². The molecular weight excluding hydrogens is 327 g/mol. The number of hydrogen-bond acceptors (Lipinski definition) is 2. The van der Waals surface area contributed by atoms with Crippen LogP contribution in [-0.2, 0) is 0 Å². The van der Waals surface area contributed by atoms with Crippen LogP contribution < -0.4 is 11.1 Å². The topological polar surface area (TPSA) is 55.1 Å². The van der Waals surface area contributed by atoms with Gasteiger partial charge in [0.2, 0.25) is 0 Å². The van der Waals surface area contributed by atoms with Gasteiger partial charge in [0.15, 0.2) is 0 Å². The summed E-state index contributed by atoms with van der Waals surface area (Å²) in [5.41, 5.74) is 6.13. The van der Waals surface area contributed by atoms with E-state index in [0.717, 1.165) is 10.9 Å². The number of carbonyl (C=O) groups is 1. The first-order valence-corrected chi connectivity index (χ1v) is 6.16. The minimum atomic E-state index is -0.143. The first-order valence-electron chi connectivity index (χ1n) is 4.99. The lowest BCUT2D eigenvalue weighted by molar-refractivity contribution is 0.0952. The fourth-order valence-electron chi connectivity index (χ4n) is 1.18. The van der Waals surface area contributed by atoms with E-state index >= 15 is 0 Å². The summed E-state index contributed by atoms with van der Waals surface area (Å²) >= 11 is 9.13. The normalized spacial score (nSPS) is 11.5. The molecule has 6 heteroatoms. The molecule has 96 valence electrons. The van der Waals surface area contributed by atoms with Crippen LogP contribution in [0.25, 0.3) is 0 Å². The number of benzene rings is 1. The van der Waals surface area contributed by atoms with Gasteiger partial charge in [-0.2, -0.15) is 0 Å². The second-order valence-corrected chi connectivity index (χ2v) is 4.94. The number of nitrogens with one attached hydrogen (secondary N) is 1. The minimum absolute atomic E-state index is 0. The molecule has 0 aromatic heterocycles. The second kappa shape index (κ2) is 7.93. The summed E-state index contributed by atoms with van der Waals surface area (Å²) in [7, 11) is 0. The van der Waals surface area contributed by atoms with E-state index in [-0.39, 0.29) is 24.4 Å². The minimum Gasteiger partial charge on any atom is -0.352 e. The number of carbonyl (C=O) groups excluding carboxylic acids is 1. The highest BCUT2D eigenvalue weighted by Crippen LogP contribution is 2.20. The van der Waals surface area contributed by atoms with Gasteiger partial charge in [-0.1, -0.05) is 11.6 Å². The van der Waals surface area contributed by atoms with Crippen LogP contribution in [0.1, 0.15) is 23.7 Å². The number of hydrogen-bond donors (Lipinski definition) is 2. The van der Waals surface area contributed by atoms with Gasteiger partial charge < -0.3 is 11.1 Å². The number of halogens is 3. The largest absolute Gasteiger partial charge is 0.352 e. The number of amides is 1. The van der Waals surface area contributed by atoms with Gasteiger partial charge in [-0.25, -0.2) is 0 Å². The Morgan fingerprint density at radius 3 is 2.82 bits per heavy atom. The molecule has 3 N–H and O–H groups in total. The Balaban J connectivity index is 0.00000256. The van der Waals surface area contributed by atoms with Crippen molar-refractivity contribution in [2.75, 3.05) is 6.54 Å². The van der Waals surface area contributed by atoms with Crippen molar-refractivity contribution in [3.8, 4) is 0 Å². The molecule has 0 fully saturated rings.